The minimum atomic E-state index is 0.378. The molecule has 0 aliphatic carbocycles. The van der Waals surface area contributed by atoms with Gasteiger partial charge in [0.15, 0.2) is 0 Å². The molecular formula is C12H28N2S. The second kappa shape index (κ2) is 6.77. The zero-order valence-corrected chi connectivity index (χ0v) is 12.2. The predicted octanol–water partition coefficient (Wildman–Crippen LogP) is 2.45. The second-order valence-corrected chi connectivity index (χ2v) is 7.39. The summed E-state index contributed by atoms with van der Waals surface area (Å²) in [5.41, 5.74) is 0. The van der Waals surface area contributed by atoms with Gasteiger partial charge in [0.1, 0.15) is 0 Å². The SMILES string of the molecule is CC(CSC(C)(C)C)NCC(C)N(C)C. The zero-order chi connectivity index (χ0) is 12.1. The van der Waals surface area contributed by atoms with Gasteiger partial charge >= 0.3 is 0 Å². The molecule has 0 aromatic heterocycles. The fraction of sp³-hybridized carbons (Fsp3) is 1.00. The third kappa shape index (κ3) is 9.21. The van der Waals surface area contributed by atoms with Crippen LogP contribution in [0.5, 0.6) is 0 Å². The van der Waals surface area contributed by atoms with Gasteiger partial charge in [-0.05, 0) is 27.9 Å². The highest BCUT2D eigenvalue weighted by atomic mass is 32.2. The number of likely N-dealkylation sites (N-methyl/N-ethyl adjacent to an activating group) is 1. The van der Waals surface area contributed by atoms with E-state index in [4.69, 9.17) is 0 Å². The van der Waals surface area contributed by atoms with Crippen molar-refractivity contribution < 1.29 is 0 Å². The molecule has 0 rings (SSSR count). The molecule has 0 aromatic rings. The lowest BCUT2D eigenvalue weighted by atomic mass is 10.3. The topological polar surface area (TPSA) is 15.3 Å². The van der Waals surface area contributed by atoms with Crippen molar-refractivity contribution in [3.63, 3.8) is 0 Å². The zero-order valence-electron chi connectivity index (χ0n) is 11.4. The Labute approximate surface area is 100 Å². The van der Waals surface area contributed by atoms with E-state index >= 15 is 0 Å². The minimum Gasteiger partial charge on any atom is -0.312 e. The fourth-order valence-corrected chi connectivity index (χ4v) is 1.86. The first-order valence-electron chi connectivity index (χ1n) is 5.76. The van der Waals surface area contributed by atoms with Crippen molar-refractivity contribution >= 4 is 11.8 Å². The van der Waals surface area contributed by atoms with Crippen molar-refractivity contribution in [2.45, 2.75) is 51.4 Å². The third-order valence-corrected chi connectivity index (χ3v) is 3.94. The number of thioether (sulfide) groups is 1. The highest BCUT2D eigenvalue weighted by Gasteiger charge is 2.13. The van der Waals surface area contributed by atoms with Crippen LogP contribution in [0.15, 0.2) is 0 Å². The summed E-state index contributed by atoms with van der Waals surface area (Å²) in [5.74, 6) is 1.18. The summed E-state index contributed by atoms with van der Waals surface area (Å²) >= 11 is 2.03. The Bertz CT molecular complexity index is 163. The number of nitrogens with zero attached hydrogens (tertiary/aromatic N) is 1. The molecule has 92 valence electrons. The van der Waals surface area contributed by atoms with Crippen LogP contribution in [0.25, 0.3) is 0 Å². The summed E-state index contributed by atoms with van der Waals surface area (Å²) in [4.78, 5) is 2.25. The maximum absolute atomic E-state index is 3.57. The number of hydrogen-bond donors (Lipinski definition) is 1. The first-order valence-corrected chi connectivity index (χ1v) is 6.74. The van der Waals surface area contributed by atoms with E-state index in [1.165, 1.54) is 5.75 Å². The molecule has 2 nitrogen and oxygen atoms in total. The summed E-state index contributed by atoms with van der Waals surface area (Å²) in [5, 5.41) is 3.57. The molecule has 0 heterocycles. The van der Waals surface area contributed by atoms with Gasteiger partial charge in [-0.25, -0.2) is 0 Å². The fourth-order valence-electron chi connectivity index (χ4n) is 0.988. The third-order valence-electron chi connectivity index (χ3n) is 2.41. The average Bonchev–Trinajstić information content (AvgIpc) is 2.09. The van der Waals surface area contributed by atoms with Gasteiger partial charge in [-0.3, -0.25) is 0 Å². The van der Waals surface area contributed by atoms with E-state index in [0.717, 1.165) is 6.54 Å². The maximum atomic E-state index is 3.57. The maximum Gasteiger partial charge on any atom is 0.0186 e. The molecule has 15 heavy (non-hydrogen) atoms. The van der Waals surface area contributed by atoms with Crippen LogP contribution < -0.4 is 5.32 Å². The van der Waals surface area contributed by atoms with E-state index in [-0.39, 0.29) is 0 Å². The van der Waals surface area contributed by atoms with Crippen LogP contribution >= 0.6 is 11.8 Å². The average molecular weight is 232 g/mol. The monoisotopic (exact) mass is 232 g/mol. The van der Waals surface area contributed by atoms with Crippen LogP contribution in [-0.4, -0.2) is 48.1 Å². The van der Waals surface area contributed by atoms with Crippen LogP contribution in [0.3, 0.4) is 0 Å². The van der Waals surface area contributed by atoms with Gasteiger partial charge < -0.3 is 10.2 Å². The summed E-state index contributed by atoms with van der Waals surface area (Å²) < 4.78 is 0.378. The Morgan fingerprint density at radius 2 is 1.73 bits per heavy atom. The summed E-state index contributed by atoms with van der Waals surface area (Å²) in [7, 11) is 4.25. The second-order valence-electron chi connectivity index (χ2n) is 5.55. The predicted molar refractivity (Wildman–Crippen MR) is 72.8 cm³/mol. The normalized spacial score (nSPS) is 16.8. The van der Waals surface area contributed by atoms with Gasteiger partial charge in [0.2, 0.25) is 0 Å². The molecule has 0 aliphatic heterocycles. The molecule has 0 fully saturated rings. The van der Waals surface area contributed by atoms with Crippen molar-refractivity contribution in [1.82, 2.24) is 10.2 Å². The summed E-state index contributed by atoms with van der Waals surface area (Å²) in [6.07, 6.45) is 0. The first kappa shape index (κ1) is 15.3. The molecule has 1 N–H and O–H groups in total. The first-order chi connectivity index (χ1) is 6.72. The van der Waals surface area contributed by atoms with Crippen LogP contribution in [-0.2, 0) is 0 Å². The van der Waals surface area contributed by atoms with Gasteiger partial charge in [0, 0.05) is 29.1 Å². The highest BCUT2D eigenvalue weighted by molar-refractivity contribution is 8.00. The molecule has 0 radical (unpaired) electrons. The Kier molecular flexibility index (Phi) is 6.89. The number of nitrogens with one attached hydrogen (secondary N) is 1. The van der Waals surface area contributed by atoms with Gasteiger partial charge in [0.25, 0.3) is 0 Å². The Hall–Kier alpha value is 0.270. The lowest BCUT2D eigenvalue weighted by molar-refractivity contribution is 0.297. The van der Waals surface area contributed by atoms with Gasteiger partial charge in [-0.2, -0.15) is 11.8 Å². The van der Waals surface area contributed by atoms with Crippen LogP contribution in [0.2, 0.25) is 0 Å². The van der Waals surface area contributed by atoms with E-state index in [1.807, 2.05) is 11.8 Å². The molecule has 0 saturated heterocycles. The van der Waals surface area contributed by atoms with Crippen LogP contribution in [0, 0.1) is 0 Å². The smallest absolute Gasteiger partial charge is 0.0186 e. The molecule has 2 atom stereocenters. The van der Waals surface area contributed by atoms with Crippen LogP contribution in [0.4, 0.5) is 0 Å². The van der Waals surface area contributed by atoms with E-state index < -0.39 is 0 Å². The van der Waals surface area contributed by atoms with Crippen molar-refractivity contribution in [1.29, 1.82) is 0 Å². The molecule has 0 bridgehead atoms. The van der Waals surface area contributed by atoms with Gasteiger partial charge in [0.05, 0.1) is 0 Å². The lowest BCUT2D eigenvalue weighted by Crippen LogP contribution is -2.40. The molecular weight excluding hydrogens is 204 g/mol. The molecule has 0 aliphatic rings. The van der Waals surface area contributed by atoms with Crippen molar-refractivity contribution in [3.05, 3.63) is 0 Å². The van der Waals surface area contributed by atoms with E-state index in [1.54, 1.807) is 0 Å². The van der Waals surface area contributed by atoms with E-state index in [0.29, 0.717) is 16.8 Å². The molecule has 0 saturated carbocycles. The van der Waals surface area contributed by atoms with E-state index in [9.17, 15) is 0 Å². The molecule has 0 aromatic carbocycles. The van der Waals surface area contributed by atoms with Gasteiger partial charge in [-0.1, -0.05) is 20.8 Å². The number of rotatable bonds is 6. The van der Waals surface area contributed by atoms with Crippen molar-refractivity contribution in [2.24, 2.45) is 0 Å². The van der Waals surface area contributed by atoms with Gasteiger partial charge in [-0.15, -0.1) is 0 Å². The minimum absolute atomic E-state index is 0.378. The van der Waals surface area contributed by atoms with Crippen molar-refractivity contribution in [2.75, 3.05) is 26.4 Å². The number of hydrogen-bond acceptors (Lipinski definition) is 3. The molecule has 3 heteroatoms. The Morgan fingerprint density at radius 3 is 2.13 bits per heavy atom. The molecule has 0 spiro atoms. The standard InChI is InChI=1S/C12H28N2S/c1-10(9-15-12(3,4)5)13-8-11(2)14(6)7/h10-11,13H,8-9H2,1-7H3. The Balaban J connectivity index is 3.62. The summed E-state index contributed by atoms with van der Waals surface area (Å²) in [6, 6.07) is 1.20. The quantitative estimate of drug-likeness (QED) is 0.757. The Morgan fingerprint density at radius 1 is 1.20 bits per heavy atom. The van der Waals surface area contributed by atoms with E-state index in [2.05, 4.69) is 58.9 Å². The highest BCUT2D eigenvalue weighted by Crippen LogP contribution is 2.23. The lowest BCUT2D eigenvalue weighted by Gasteiger charge is -2.25. The van der Waals surface area contributed by atoms with Crippen molar-refractivity contribution in [3.8, 4) is 0 Å². The van der Waals surface area contributed by atoms with Crippen LogP contribution in [0.1, 0.15) is 34.6 Å². The molecule has 2 unspecified atom stereocenters. The molecule has 0 amide bonds. The largest absolute Gasteiger partial charge is 0.312 e. The summed E-state index contributed by atoms with van der Waals surface area (Å²) in [6.45, 7) is 12.4.